The summed E-state index contributed by atoms with van der Waals surface area (Å²) in [6.07, 6.45) is -1.17. The summed E-state index contributed by atoms with van der Waals surface area (Å²) >= 11 is 6.02. The fourth-order valence-electron chi connectivity index (χ4n) is 6.84. The number of halogens is 4. The largest absolute Gasteiger partial charge is 0.433 e. The van der Waals surface area contributed by atoms with E-state index < -0.39 is 26.0 Å². The lowest BCUT2D eigenvalue weighted by atomic mass is 10.1. The van der Waals surface area contributed by atoms with Crippen molar-refractivity contribution in [1.29, 1.82) is 0 Å². The number of hydrogen-bond acceptors (Lipinski definition) is 7. The van der Waals surface area contributed by atoms with Crippen LogP contribution < -0.4 is 5.32 Å². The molecule has 1 fully saturated rings. The molecule has 1 aliphatic carbocycles. The van der Waals surface area contributed by atoms with Crippen molar-refractivity contribution in [3.8, 4) is 0 Å². The van der Waals surface area contributed by atoms with Crippen LogP contribution in [0.25, 0.3) is 0 Å². The van der Waals surface area contributed by atoms with Crippen molar-refractivity contribution in [3.63, 3.8) is 0 Å². The molecule has 240 valence electrons. The number of anilines is 1. The van der Waals surface area contributed by atoms with Crippen LogP contribution in [0.2, 0.25) is 21.6 Å². The predicted octanol–water partition coefficient (Wildman–Crippen LogP) is 7.37. The van der Waals surface area contributed by atoms with Crippen molar-refractivity contribution in [2.45, 2.75) is 95.9 Å². The molecular formula is C31H41ClF3N5O3Si. The first kappa shape index (κ1) is 34.1. The lowest BCUT2D eigenvalue weighted by Gasteiger charge is -2.45. The maximum absolute atomic E-state index is 14.0. The lowest BCUT2D eigenvalue weighted by Crippen LogP contribution is -2.51. The van der Waals surface area contributed by atoms with Gasteiger partial charge < -0.3 is 14.8 Å². The lowest BCUT2D eigenvalue weighted by molar-refractivity contribution is -0.144. The molecule has 0 bridgehead atoms. The minimum absolute atomic E-state index is 0.00816. The Balaban J connectivity index is 1.59. The number of nitrogens with zero attached hydrogens (tertiary/aromatic N) is 4. The predicted molar refractivity (Wildman–Crippen MR) is 166 cm³/mol. The first-order valence-electron chi connectivity index (χ1n) is 15.0. The Morgan fingerprint density at radius 2 is 1.82 bits per heavy atom. The molecule has 3 atom stereocenters. The van der Waals surface area contributed by atoms with E-state index in [4.69, 9.17) is 16.0 Å². The SMILES string of the molecule is CC(C)[Si](O[C@H]1C[C@H](Nc2ncncc2C(=O)c2cc(C(F)(F)F)n(Cc3cccc(Cl)c3)n2)C[C@@H]1CO)(C(C)C)C(C)C. The fourth-order valence-corrected chi connectivity index (χ4v) is 12.7. The van der Waals surface area contributed by atoms with Crippen LogP contribution in [0.3, 0.4) is 0 Å². The maximum Gasteiger partial charge on any atom is 0.433 e. The second-order valence-corrected chi connectivity index (χ2v) is 18.4. The Kier molecular flexibility index (Phi) is 10.6. The van der Waals surface area contributed by atoms with E-state index in [1.807, 2.05) is 0 Å². The van der Waals surface area contributed by atoms with Gasteiger partial charge in [0.2, 0.25) is 14.1 Å². The third-order valence-corrected chi connectivity index (χ3v) is 15.1. The highest BCUT2D eigenvalue weighted by Gasteiger charge is 2.49. The molecule has 1 aromatic carbocycles. The zero-order valence-electron chi connectivity index (χ0n) is 25.9. The van der Waals surface area contributed by atoms with Crippen LogP contribution in [0.1, 0.15) is 81.7 Å². The van der Waals surface area contributed by atoms with Gasteiger partial charge in [-0.2, -0.15) is 18.3 Å². The highest BCUT2D eigenvalue weighted by molar-refractivity contribution is 6.77. The first-order chi connectivity index (χ1) is 20.7. The van der Waals surface area contributed by atoms with Crippen LogP contribution in [-0.2, 0) is 17.1 Å². The van der Waals surface area contributed by atoms with Gasteiger partial charge in [-0.25, -0.2) is 9.97 Å². The summed E-state index contributed by atoms with van der Waals surface area (Å²) in [5.74, 6) is -0.641. The number of alkyl halides is 3. The van der Waals surface area contributed by atoms with Crippen LogP contribution in [0.4, 0.5) is 19.0 Å². The standard InChI is InChI=1S/C31H41ClF3N5O3Si/c1-18(2)44(19(3)4,20(5)6)43-27-12-24(11-22(27)16-41)38-30-25(14-36-17-37-30)29(42)26-13-28(31(33,34)35)40(39-26)15-21-8-7-9-23(32)10-21/h7-10,13-14,17-20,22,24,27,41H,11-12,15-16H2,1-6H3,(H,36,37,38)/t22-,24-,27+/m1/s1. The smallest absolute Gasteiger partial charge is 0.413 e. The van der Waals surface area contributed by atoms with Gasteiger partial charge in [0.1, 0.15) is 23.5 Å². The van der Waals surface area contributed by atoms with Crippen molar-refractivity contribution in [1.82, 2.24) is 19.7 Å². The van der Waals surface area contributed by atoms with Crippen LogP contribution in [0.5, 0.6) is 0 Å². The highest BCUT2D eigenvalue weighted by Crippen LogP contribution is 2.46. The summed E-state index contributed by atoms with van der Waals surface area (Å²) in [6.45, 7) is 13.0. The van der Waals surface area contributed by atoms with Crippen LogP contribution in [0.15, 0.2) is 42.9 Å². The fraction of sp³-hybridized carbons (Fsp3) is 0.548. The van der Waals surface area contributed by atoms with Gasteiger partial charge in [0.15, 0.2) is 0 Å². The van der Waals surface area contributed by atoms with E-state index in [2.05, 4.69) is 61.9 Å². The van der Waals surface area contributed by atoms with Gasteiger partial charge in [0.25, 0.3) is 0 Å². The molecule has 4 rings (SSSR count). The Labute approximate surface area is 262 Å². The molecule has 0 aliphatic heterocycles. The number of ketones is 1. The number of hydrogen-bond donors (Lipinski definition) is 2. The van der Waals surface area contributed by atoms with Crippen molar-refractivity contribution in [3.05, 3.63) is 70.4 Å². The number of rotatable bonds is 12. The van der Waals surface area contributed by atoms with Gasteiger partial charge >= 0.3 is 6.18 Å². The van der Waals surface area contributed by atoms with E-state index in [1.54, 1.807) is 24.3 Å². The Morgan fingerprint density at radius 3 is 2.41 bits per heavy atom. The van der Waals surface area contributed by atoms with Crippen molar-refractivity contribution >= 4 is 31.5 Å². The van der Waals surface area contributed by atoms with E-state index >= 15 is 0 Å². The molecule has 0 radical (unpaired) electrons. The average molecular weight is 652 g/mol. The molecule has 2 aromatic heterocycles. The Morgan fingerprint density at radius 1 is 1.14 bits per heavy atom. The number of aliphatic hydroxyl groups excluding tert-OH is 1. The average Bonchev–Trinajstić information content (AvgIpc) is 3.54. The van der Waals surface area contributed by atoms with Gasteiger partial charge in [0.05, 0.1) is 18.2 Å². The molecule has 0 amide bonds. The molecule has 0 saturated heterocycles. The zero-order chi connectivity index (χ0) is 32.4. The molecule has 2 heterocycles. The number of nitrogens with one attached hydrogen (secondary N) is 1. The van der Waals surface area contributed by atoms with E-state index in [0.717, 1.165) is 10.7 Å². The molecule has 0 spiro atoms. The summed E-state index contributed by atoms with van der Waals surface area (Å²) in [5, 5.41) is 18.0. The summed E-state index contributed by atoms with van der Waals surface area (Å²) < 4.78 is 49.7. The summed E-state index contributed by atoms with van der Waals surface area (Å²) in [5.41, 5.74) is 0.211. The topological polar surface area (TPSA) is 102 Å². The number of carbonyl (C=O) groups is 1. The van der Waals surface area contributed by atoms with Crippen LogP contribution in [-0.4, -0.2) is 57.7 Å². The monoisotopic (exact) mass is 651 g/mol. The summed E-state index contributed by atoms with van der Waals surface area (Å²) in [4.78, 5) is 21.8. The summed E-state index contributed by atoms with van der Waals surface area (Å²) in [6, 6.07) is 7.01. The van der Waals surface area contributed by atoms with Gasteiger partial charge in [-0.15, -0.1) is 0 Å². The molecule has 44 heavy (non-hydrogen) atoms. The van der Waals surface area contributed by atoms with Gasteiger partial charge in [-0.1, -0.05) is 65.3 Å². The minimum Gasteiger partial charge on any atom is -0.413 e. The first-order valence-corrected chi connectivity index (χ1v) is 17.5. The second-order valence-electron chi connectivity index (χ2n) is 12.5. The zero-order valence-corrected chi connectivity index (χ0v) is 27.7. The highest BCUT2D eigenvalue weighted by atomic mass is 35.5. The number of benzene rings is 1. The van der Waals surface area contributed by atoms with E-state index in [1.165, 1.54) is 12.5 Å². The second kappa shape index (κ2) is 13.7. The molecule has 0 unspecified atom stereocenters. The Bertz CT molecular complexity index is 1430. The maximum atomic E-state index is 14.0. The normalized spacial score (nSPS) is 19.4. The molecular weight excluding hydrogens is 611 g/mol. The van der Waals surface area contributed by atoms with Gasteiger partial charge in [-0.3, -0.25) is 9.48 Å². The number of aliphatic hydroxyl groups is 1. The molecule has 1 saturated carbocycles. The van der Waals surface area contributed by atoms with E-state index in [0.29, 0.717) is 40.1 Å². The molecule has 13 heteroatoms. The van der Waals surface area contributed by atoms with Crippen LogP contribution >= 0.6 is 11.6 Å². The third kappa shape index (κ3) is 7.19. The number of aromatic nitrogens is 4. The molecule has 3 aromatic rings. The summed E-state index contributed by atoms with van der Waals surface area (Å²) in [7, 11) is -2.22. The number of carbonyl (C=O) groups excluding carboxylic acids is 1. The van der Waals surface area contributed by atoms with Crippen molar-refractivity contribution in [2.24, 2.45) is 5.92 Å². The van der Waals surface area contributed by atoms with Crippen LogP contribution in [0, 0.1) is 5.92 Å². The van der Waals surface area contributed by atoms with Crippen molar-refractivity contribution < 1.29 is 27.5 Å². The van der Waals surface area contributed by atoms with Gasteiger partial charge in [0, 0.05) is 35.9 Å². The van der Waals surface area contributed by atoms with E-state index in [-0.39, 0.29) is 48.3 Å². The van der Waals surface area contributed by atoms with Gasteiger partial charge in [-0.05, 0) is 47.2 Å². The molecule has 8 nitrogen and oxygen atoms in total. The molecule has 1 aliphatic rings. The quantitative estimate of drug-likeness (QED) is 0.156. The minimum atomic E-state index is -4.74. The third-order valence-electron chi connectivity index (χ3n) is 8.75. The van der Waals surface area contributed by atoms with Crippen molar-refractivity contribution in [2.75, 3.05) is 11.9 Å². The van der Waals surface area contributed by atoms with E-state index in [9.17, 15) is 23.1 Å². The Hall–Kier alpha value is -2.80. The molecule has 2 N–H and O–H groups in total.